The molecule has 1 fully saturated rings. The average Bonchev–Trinajstić information content (AvgIpc) is 2.86. The second-order valence-corrected chi connectivity index (χ2v) is 8.84. The van der Waals surface area contributed by atoms with Crippen molar-refractivity contribution in [1.29, 1.82) is 0 Å². The summed E-state index contributed by atoms with van der Waals surface area (Å²) in [5.41, 5.74) is 7.83. The minimum absolute atomic E-state index is 0.128. The van der Waals surface area contributed by atoms with Crippen LogP contribution in [0.15, 0.2) is 42.9 Å². The number of benzene rings is 1. The molecule has 1 saturated heterocycles. The van der Waals surface area contributed by atoms with Crippen LogP contribution in [0.2, 0.25) is 0 Å². The molecule has 1 aliphatic rings. The number of nitrogens with two attached hydrogens (primary N) is 1. The molecule has 12 heteroatoms. The van der Waals surface area contributed by atoms with E-state index in [0.717, 1.165) is 26.2 Å². The molecule has 1 amide bonds. The molecule has 0 bridgehead atoms. The van der Waals surface area contributed by atoms with Gasteiger partial charge in [-0.1, -0.05) is 17.9 Å². The van der Waals surface area contributed by atoms with E-state index >= 15 is 0 Å². The summed E-state index contributed by atoms with van der Waals surface area (Å²) in [6.45, 7) is 5.17. The van der Waals surface area contributed by atoms with Gasteiger partial charge in [0.1, 0.15) is 5.75 Å². The molecule has 2 aromatic heterocycles. The van der Waals surface area contributed by atoms with E-state index in [0.29, 0.717) is 28.9 Å². The standard InChI is InChI=1S/C26H26F3N7O2/c1-17-19(4-3-18-13-32-25(30)33-14-18)11-21(15-31-17)24(37)34-22-6-5-20(23(12-22)38-26(27,28)29)16-36-9-7-35(2)8-10-36/h5-6,11-15H,7-10,16H2,1-2H3,(H,34,37)(H2,30,32,33). The van der Waals surface area contributed by atoms with Crippen LogP contribution >= 0.6 is 0 Å². The van der Waals surface area contributed by atoms with Gasteiger partial charge in [-0.2, -0.15) is 0 Å². The highest BCUT2D eigenvalue weighted by Gasteiger charge is 2.32. The molecular formula is C26H26F3N7O2. The number of aryl methyl sites for hydroxylation is 1. The summed E-state index contributed by atoms with van der Waals surface area (Å²) in [6, 6.07) is 5.82. The topological polar surface area (TPSA) is 110 Å². The lowest BCUT2D eigenvalue weighted by Crippen LogP contribution is -2.43. The van der Waals surface area contributed by atoms with Crippen LogP contribution in [0.3, 0.4) is 0 Å². The van der Waals surface area contributed by atoms with E-state index in [4.69, 9.17) is 5.73 Å². The number of halogens is 3. The number of anilines is 2. The lowest BCUT2D eigenvalue weighted by molar-refractivity contribution is -0.275. The molecule has 3 aromatic rings. The van der Waals surface area contributed by atoms with Gasteiger partial charge in [0.25, 0.3) is 5.91 Å². The maximum Gasteiger partial charge on any atom is 0.573 e. The van der Waals surface area contributed by atoms with E-state index in [9.17, 15) is 18.0 Å². The normalized spacial score (nSPS) is 14.4. The van der Waals surface area contributed by atoms with Gasteiger partial charge in [0.15, 0.2) is 0 Å². The first-order valence-electron chi connectivity index (χ1n) is 11.7. The van der Waals surface area contributed by atoms with Crippen LogP contribution in [0.4, 0.5) is 24.8 Å². The number of nitrogen functional groups attached to an aromatic ring is 1. The van der Waals surface area contributed by atoms with Gasteiger partial charge < -0.3 is 20.7 Å². The number of hydrogen-bond donors (Lipinski definition) is 2. The Morgan fingerprint density at radius 1 is 1.08 bits per heavy atom. The number of ether oxygens (including phenoxy) is 1. The smallest absolute Gasteiger partial charge is 0.405 e. The van der Waals surface area contributed by atoms with E-state index in [-0.39, 0.29) is 22.9 Å². The van der Waals surface area contributed by atoms with Crippen LogP contribution in [0.1, 0.15) is 32.7 Å². The molecule has 0 spiro atoms. The van der Waals surface area contributed by atoms with E-state index < -0.39 is 12.3 Å². The number of carbonyl (C=O) groups excluding carboxylic acids is 1. The molecule has 1 aromatic carbocycles. The Kier molecular flexibility index (Phi) is 8.09. The van der Waals surface area contributed by atoms with Crippen LogP contribution in [0.5, 0.6) is 5.75 Å². The molecule has 3 heterocycles. The van der Waals surface area contributed by atoms with Crippen molar-refractivity contribution in [2.24, 2.45) is 0 Å². The van der Waals surface area contributed by atoms with Crippen molar-refractivity contribution in [3.05, 3.63) is 70.8 Å². The Bertz CT molecular complexity index is 1360. The molecule has 0 unspecified atom stereocenters. The van der Waals surface area contributed by atoms with Crippen LogP contribution < -0.4 is 15.8 Å². The predicted molar refractivity (Wildman–Crippen MR) is 135 cm³/mol. The summed E-state index contributed by atoms with van der Waals surface area (Å²) in [7, 11) is 2.00. The van der Waals surface area contributed by atoms with Crippen LogP contribution in [-0.2, 0) is 6.54 Å². The van der Waals surface area contributed by atoms with Gasteiger partial charge in [-0.3, -0.25) is 14.7 Å². The largest absolute Gasteiger partial charge is 0.573 e. The van der Waals surface area contributed by atoms with E-state index in [2.05, 4.69) is 46.6 Å². The highest BCUT2D eigenvalue weighted by atomic mass is 19.4. The van der Waals surface area contributed by atoms with Crippen LogP contribution in [0, 0.1) is 18.8 Å². The maximum absolute atomic E-state index is 13.1. The van der Waals surface area contributed by atoms with Crippen molar-refractivity contribution in [2.75, 3.05) is 44.3 Å². The Hall–Kier alpha value is -4.21. The molecule has 1 aliphatic heterocycles. The summed E-state index contributed by atoms with van der Waals surface area (Å²) >= 11 is 0. The summed E-state index contributed by atoms with van der Waals surface area (Å²) in [6.07, 6.45) is -0.550. The van der Waals surface area contributed by atoms with Gasteiger partial charge in [-0.15, -0.1) is 13.2 Å². The second kappa shape index (κ2) is 11.5. The number of pyridine rings is 1. The molecule has 0 radical (unpaired) electrons. The summed E-state index contributed by atoms with van der Waals surface area (Å²) in [5.74, 6) is 5.03. The SMILES string of the molecule is Cc1ncc(C(=O)Nc2ccc(CN3CCN(C)CC3)c(OC(F)(F)F)c2)cc1C#Cc1cnc(N)nc1. The first kappa shape index (κ1) is 26.8. The fourth-order valence-electron chi connectivity index (χ4n) is 3.76. The average molecular weight is 526 g/mol. The third-order valence-corrected chi connectivity index (χ3v) is 5.90. The predicted octanol–water partition coefficient (Wildman–Crippen LogP) is 3.06. The Balaban J connectivity index is 1.52. The minimum atomic E-state index is -4.87. The number of aromatic nitrogens is 3. The number of carbonyl (C=O) groups is 1. The van der Waals surface area contributed by atoms with Crippen molar-refractivity contribution in [3.8, 4) is 17.6 Å². The molecule has 0 atom stereocenters. The molecular weight excluding hydrogens is 499 g/mol. The molecule has 0 aliphatic carbocycles. The van der Waals surface area contributed by atoms with Crippen molar-refractivity contribution >= 4 is 17.5 Å². The third kappa shape index (κ3) is 7.41. The quantitative estimate of drug-likeness (QED) is 0.490. The lowest BCUT2D eigenvalue weighted by atomic mass is 10.1. The maximum atomic E-state index is 13.1. The van der Waals surface area contributed by atoms with E-state index in [1.165, 1.54) is 30.7 Å². The van der Waals surface area contributed by atoms with Crippen molar-refractivity contribution in [2.45, 2.75) is 19.8 Å². The third-order valence-electron chi connectivity index (χ3n) is 5.90. The zero-order valence-corrected chi connectivity index (χ0v) is 20.8. The first-order chi connectivity index (χ1) is 18.1. The number of alkyl halides is 3. The fraction of sp³-hybridized carbons (Fsp3) is 0.308. The highest BCUT2D eigenvalue weighted by Crippen LogP contribution is 2.30. The zero-order valence-electron chi connectivity index (χ0n) is 20.8. The van der Waals surface area contributed by atoms with Gasteiger partial charge in [-0.05, 0) is 26.1 Å². The molecule has 0 saturated carbocycles. The zero-order chi connectivity index (χ0) is 27.3. The lowest BCUT2D eigenvalue weighted by Gasteiger charge is -2.32. The molecule has 4 rings (SSSR count). The van der Waals surface area contributed by atoms with Crippen molar-refractivity contribution < 1.29 is 22.7 Å². The van der Waals surface area contributed by atoms with E-state index in [1.54, 1.807) is 19.1 Å². The Morgan fingerprint density at radius 3 is 2.47 bits per heavy atom. The number of hydrogen-bond acceptors (Lipinski definition) is 8. The highest BCUT2D eigenvalue weighted by molar-refractivity contribution is 6.04. The van der Waals surface area contributed by atoms with E-state index in [1.807, 2.05) is 7.05 Å². The summed E-state index contributed by atoms with van der Waals surface area (Å²) in [5, 5.41) is 2.62. The van der Waals surface area contributed by atoms with Gasteiger partial charge in [0.05, 0.1) is 16.8 Å². The number of nitrogens with zero attached hydrogens (tertiary/aromatic N) is 5. The number of piperazine rings is 1. The minimum Gasteiger partial charge on any atom is -0.405 e. The summed E-state index contributed by atoms with van der Waals surface area (Å²) in [4.78, 5) is 29.1. The van der Waals surface area contributed by atoms with Crippen molar-refractivity contribution in [1.82, 2.24) is 24.8 Å². The molecule has 198 valence electrons. The molecule has 3 N–H and O–H groups in total. The van der Waals surface area contributed by atoms with Crippen LogP contribution in [0.25, 0.3) is 0 Å². The Morgan fingerprint density at radius 2 is 1.79 bits per heavy atom. The van der Waals surface area contributed by atoms with Gasteiger partial charge >= 0.3 is 6.36 Å². The van der Waals surface area contributed by atoms with Gasteiger partial charge in [0.2, 0.25) is 5.95 Å². The second-order valence-electron chi connectivity index (χ2n) is 8.84. The number of amides is 1. The Labute approximate surface area is 217 Å². The van der Waals surface area contributed by atoms with Crippen molar-refractivity contribution in [3.63, 3.8) is 0 Å². The molecule has 9 nitrogen and oxygen atoms in total. The number of likely N-dealkylation sites (N-methyl/N-ethyl adjacent to an activating group) is 1. The fourth-order valence-corrected chi connectivity index (χ4v) is 3.76. The molecule has 38 heavy (non-hydrogen) atoms. The number of rotatable bonds is 5. The summed E-state index contributed by atoms with van der Waals surface area (Å²) < 4.78 is 43.7. The van der Waals surface area contributed by atoms with Gasteiger partial charge in [-0.25, -0.2) is 9.97 Å². The van der Waals surface area contributed by atoms with Crippen LogP contribution in [-0.4, -0.2) is 70.2 Å². The monoisotopic (exact) mass is 525 g/mol. The first-order valence-corrected chi connectivity index (χ1v) is 11.7. The van der Waals surface area contributed by atoms with Gasteiger partial charge in [0, 0.05) is 74.2 Å². The number of nitrogens with one attached hydrogen (secondary N) is 1.